The smallest absolute Gasteiger partial charge is 0.279 e. The highest BCUT2D eigenvalue weighted by Gasteiger charge is 2.19. The second-order valence-corrected chi connectivity index (χ2v) is 6.11. The van der Waals surface area contributed by atoms with Crippen LogP contribution in [0, 0.1) is 15.9 Å². The number of nitro groups is 1. The molecule has 0 unspecified atom stereocenters. The zero-order valence-electron chi connectivity index (χ0n) is 10.3. The molecule has 2 rings (SSSR count). The number of nitro benzene ring substituents is 1. The van der Waals surface area contributed by atoms with Crippen LogP contribution < -0.4 is 4.72 Å². The van der Waals surface area contributed by atoms with Gasteiger partial charge in [0.15, 0.2) is 0 Å². The van der Waals surface area contributed by atoms with Crippen molar-refractivity contribution in [3.63, 3.8) is 0 Å². The molecule has 0 fully saturated rings. The van der Waals surface area contributed by atoms with E-state index in [1.54, 1.807) is 0 Å². The van der Waals surface area contributed by atoms with Gasteiger partial charge in [0, 0.05) is 11.1 Å². The van der Waals surface area contributed by atoms with E-state index in [4.69, 9.17) is 11.6 Å². The highest BCUT2D eigenvalue weighted by atomic mass is 35.5. The number of hydrogen-bond donors (Lipinski definition) is 1. The third-order valence-corrected chi connectivity index (χ3v) is 4.12. The maximum absolute atomic E-state index is 13.2. The molecule has 0 bridgehead atoms. The summed E-state index contributed by atoms with van der Waals surface area (Å²) >= 11 is 5.71. The van der Waals surface area contributed by atoms with Gasteiger partial charge in [-0.3, -0.25) is 14.8 Å². The number of anilines is 1. The first-order valence-electron chi connectivity index (χ1n) is 5.52. The Bertz CT molecular complexity index is 811. The van der Waals surface area contributed by atoms with E-state index in [1.165, 1.54) is 24.3 Å². The summed E-state index contributed by atoms with van der Waals surface area (Å²) < 4.78 is 39.5. The minimum Gasteiger partial charge on any atom is -0.279 e. The van der Waals surface area contributed by atoms with Crippen molar-refractivity contribution < 1.29 is 17.7 Å². The summed E-state index contributed by atoms with van der Waals surface area (Å²) in [6.07, 6.45) is 0. The van der Waals surface area contributed by atoms with E-state index in [1.807, 2.05) is 0 Å². The number of halogens is 2. The normalized spacial score (nSPS) is 11.1. The molecule has 0 aliphatic rings. The van der Waals surface area contributed by atoms with Crippen molar-refractivity contribution >= 4 is 33.0 Å². The van der Waals surface area contributed by atoms with E-state index in [0.717, 1.165) is 18.2 Å². The molecule has 0 atom stereocenters. The number of hydrogen-bond acceptors (Lipinski definition) is 4. The molecule has 0 aliphatic heterocycles. The average molecular weight is 331 g/mol. The van der Waals surface area contributed by atoms with Crippen molar-refractivity contribution in [2.45, 2.75) is 4.90 Å². The first kappa shape index (κ1) is 15.2. The van der Waals surface area contributed by atoms with Crippen molar-refractivity contribution in [3.8, 4) is 0 Å². The molecule has 0 spiro atoms. The van der Waals surface area contributed by atoms with Crippen LogP contribution in [-0.2, 0) is 10.0 Å². The van der Waals surface area contributed by atoms with Crippen LogP contribution >= 0.6 is 11.6 Å². The molecule has 0 aromatic heterocycles. The average Bonchev–Trinajstić information content (AvgIpc) is 2.40. The Morgan fingerprint density at radius 1 is 1.19 bits per heavy atom. The Kier molecular flexibility index (Phi) is 4.10. The summed E-state index contributed by atoms with van der Waals surface area (Å²) in [4.78, 5) is 9.58. The van der Waals surface area contributed by atoms with Gasteiger partial charge in [0.1, 0.15) is 0 Å². The fraction of sp³-hybridized carbons (Fsp3) is 0. The van der Waals surface area contributed by atoms with Crippen LogP contribution in [0.1, 0.15) is 0 Å². The van der Waals surface area contributed by atoms with Gasteiger partial charge in [-0.2, -0.15) is 4.39 Å². The Hall–Kier alpha value is -2.19. The SMILES string of the molecule is O=[N+]([O-])c1cc(NS(=O)(=O)c2cccc(Cl)c2)ccc1F. The third-order valence-electron chi connectivity index (χ3n) is 2.50. The summed E-state index contributed by atoms with van der Waals surface area (Å²) in [5.41, 5.74) is -0.940. The summed E-state index contributed by atoms with van der Waals surface area (Å²) in [5.74, 6) is -1.05. The number of benzene rings is 2. The third kappa shape index (κ3) is 3.47. The van der Waals surface area contributed by atoms with E-state index in [9.17, 15) is 22.9 Å². The van der Waals surface area contributed by atoms with Gasteiger partial charge in [0.05, 0.1) is 15.5 Å². The molecule has 0 radical (unpaired) electrons. The lowest BCUT2D eigenvalue weighted by Gasteiger charge is -2.08. The molecule has 6 nitrogen and oxygen atoms in total. The number of rotatable bonds is 4. The molecule has 2 aromatic rings. The molecule has 1 N–H and O–H groups in total. The fourth-order valence-corrected chi connectivity index (χ4v) is 2.91. The Morgan fingerprint density at radius 2 is 1.90 bits per heavy atom. The Balaban J connectivity index is 2.37. The maximum atomic E-state index is 13.2. The molecule has 0 saturated carbocycles. The molecule has 0 amide bonds. The second kappa shape index (κ2) is 5.66. The fourth-order valence-electron chi connectivity index (χ4n) is 1.56. The molecule has 2 aromatic carbocycles. The van der Waals surface area contributed by atoms with Crippen LogP contribution in [0.4, 0.5) is 15.8 Å². The van der Waals surface area contributed by atoms with E-state index in [-0.39, 0.29) is 15.6 Å². The van der Waals surface area contributed by atoms with E-state index in [0.29, 0.717) is 0 Å². The maximum Gasteiger partial charge on any atom is 0.306 e. The monoisotopic (exact) mass is 330 g/mol. The molecule has 9 heteroatoms. The van der Waals surface area contributed by atoms with E-state index in [2.05, 4.69) is 4.72 Å². The van der Waals surface area contributed by atoms with Gasteiger partial charge in [-0.25, -0.2) is 8.42 Å². The van der Waals surface area contributed by atoms with Gasteiger partial charge in [-0.15, -0.1) is 0 Å². The molecule has 0 heterocycles. The van der Waals surface area contributed by atoms with Gasteiger partial charge in [0.25, 0.3) is 10.0 Å². The van der Waals surface area contributed by atoms with Crippen LogP contribution in [0.2, 0.25) is 5.02 Å². The van der Waals surface area contributed by atoms with Crippen LogP contribution in [-0.4, -0.2) is 13.3 Å². The molecule has 21 heavy (non-hydrogen) atoms. The van der Waals surface area contributed by atoms with Crippen molar-refractivity contribution in [2.75, 3.05) is 4.72 Å². The molecule has 0 saturated heterocycles. The van der Waals surface area contributed by atoms with Gasteiger partial charge in [-0.1, -0.05) is 17.7 Å². The summed E-state index contributed by atoms with van der Waals surface area (Å²) in [6, 6.07) is 8.19. The lowest BCUT2D eigenvalue weighted by molar-refractivity contribution is -0.387. The van der Waals surface area contributed by atoms with E-state index >= 15 is 0 Å². The van der Waals surface area contributed by atoms with Gasteiger partial charge in [0.2, 0.25) is 5.82 Å². The van der Waals surface area contributed by atoms with E-state index < -0.39 is 26.5 Å². The van der Waals surface area contributed by atoms with Crippen molar-refractivity contribution in [3.05, 3.63) is 63.4 Å². The summed E-state index contributed by atoms with van der Waals surface area (Å²) in [5, 5.41) is 10.9. The van der Waals surface area contributed by atoms with Crippen LogP contribution in [0.3, 0.4) is 0 Å². The van der Waals surface area contributed by atoms with Crippen LogP contribution in [0.15, 0.2) is 47.4 Å². The molecular weight excluding hydrogens is 323 g/mol. The predicted octanol–water partition coefficient (Wildman–Crippen LogP) is 3.19. The standard InChI is InChI=1S/C12H8ClFN2O4S/c13-8-2-1-3-10(6-8)21(19,20)15-9-4-5-11(14)12(7-9)16(17)18/h1-7,15H. The molecule has 0 aliphatic carbocycles. The second-order valence-electron chi connectivity index (χ2n) is 3.99. The number of nitrogens with one attached hydrogen (secondary N) is 1. The highest BCUT2D eigenvalue weighted by molar-refractivity contribution is 7.92. The first-order valence-corrected chi connectivity index (χ1v) is 7.38. The van der Waals surface area contributed by atoms with Crippen LogP contribution in [0.25, 0.3) is 0 Å². The largest absolute Gasteiger partial charge is 0.306 e. The van der Waals surface area contributed by atoms with Gasteiger partial charge >= 0.3 is 5.69 Å². The Labute approximate surface area is 124 Å². The Morgan fingerprint density at radius 3 is 2.52 bits per heavy atom. The van der Waals surface area contributed by atoms with Crippen molar-refractivity contribution in [1.29, 1.82) is 0 Å². The molecular formula is C12H8ClFN2O4S. The predicted molar refractivity (Wildman–Crippen MR) is 75.3 cm³/mol. The van der Waals surface area contributed by atoms with Crippen LogP contribution in [0.5, 0.6) is 0 Å². The zero-order chi connectivity index (χ0) is 15.6. The van der Waals surface area contributed by atoms with Gasteiger partial charge < -0.3 is 0 Å². The number of sulfonamides is 1. The minimum atomic E-state index is -3.97. The van der Waals surface area contributed by atoms with Crippen molar-refractivity contribution in [2.24, 2.45) is 0 Å². The zero-order valence-corrected chi connectivity index (χ0v) is 11.9. The number of nitrogens with zero attached hydrogens (tertiary/aromatic N) is 1. The lowest BCUT2D eigenvalue weighted by atomic mass is 10.3. The minimum absolute atomic E-state index is 0.109. The highest BCUT2D eigenvalue weighted by Crippen LogP contribution is 2.24. The van der Waals surface area contributed by atoms with Gasteiger partial charge in [-0.05, 0) is 30.3 Å². The topological polar surface area (TPSA) is 89.3 Å². The van der Waals surface area contributed by atoms with Crippen molar-refractivity contribution in [1.82, 2.24) is 0 Å². The summed E-state index contributed by atoms with van der Waals surface area (Å²) in [7, 11) is -3.97. The quantitative estimate of drug-likeness (QED) is 0.688. The first-order chi connectivity index (χ1) is 9.79. The molecule has 110 valence electrons. The summed E-state index contributed by atoms with van der Waals surface area (Å²) in [6.45, 7) is 0. The lowest BCUT2D eigenvalue weighted by Crippen LogP contribution is -2.13.